The predicted octanol–water partition coefficient (Wildman–Crippen LogP) is 3.17. The molecule has 0 spiro atoms. The van der Waals surface area contributed by atoms with Crippen LogP contribution in [0.2, 0.25) is 5.15 Å². The lowest BCUT2D eigenvalue weighted by atomic mass is 10.3. The smallest absolute Gasteiger partial charge is 0.176 e. The number of rotatable bonds is 3. The Kier molecular flexibility index (Phi) is 3.94. The van der Waals surface area contributed by atoms with Gasteiger partial charge in [0.1, 0.15) is 16.0 Å². The van der Waals surface area contributed by atoms with Crippen molar-refractivity contribution in [1.82, 2.24) is 14.3 Å². The van der Waals surface area contributed by atoms with Gasteiger partial charge >= 0.3 is 0 Å². The molecule has 0 aliphatic heterocycles. The van der Waals surface area contributed by atoms with E-state index in [0.29, 0.717) is 15.7 Å². The fourth-order valence-electron chi connectivity index (χ4n) is 1.10. The zero-order valence-corrected chi connectivity index (χ0v) is 11.2. The summed E-state index contributed by atoms with van der Waals surface area (Å²) in [6.07, 6.45) is 0.809. The third-order valence-corrected chi connectivity index (χ3v) is 3.76. The average molecular weight is 283 g/mol. The molecule has 86 valence electrons. The second kappa shape index (κ2) is 5.45. The number of nitrogens with zero attached hydrogens (tertiary/aromatic N) is 4. The van der Waals surface area contributed by atoms with E-state index in [1.54, 1.807) is 6.07 Å². The third-order valence-electron chi connectivity index (χ3n) is 1.86. The number of pyridine rings is 1. The van der Waals surface area contributed by atoms with Gasteiger partial charge in [0.25, 0.3) is 0 Å². The molecule has 4 nitrogen and oxygen atoms in total. The van der Waals surface area contributed by atoms with E-state index in [0.717, 1.165) is 16.6 Å². The Morgan fingerprint density at radius 2 is 2.29 bits per heavy atom. The van der Waals surface area contributed by atoms with Crippen molar-refractivity contribution in [2.75, 3.05) is 0 Å². The maximum atomic E-state index is 8.82. The third kappa shape index (κ3) is 3.16. The van der Waals surface area contributed by atoms with Gasteiger partial charge in [-0.2, -0.15) is 9.64 Å². The van der Waals surface area contributed by atoms with Crippen LogP contribution in [0.5, 0.6) is 0 Å². The molecule has 0 radical (unpaired) electrons. The van der Waals surface area contributed by atoms with Gasteiger partial charge in [-0.25, -0.2) is 9.97 Å². The summed E-state index contributed by atoms with van der Waals surface area (Å²) in [4.78, 5) is 8.44. The van der Waals surface area contributed by atoms with Crippen molar-refractivity contribution in [2.45, 2.75) is 22.7 Å². The minimum absolute atomic E-state index is 0.312. The highest BCUT2D eigenvalue weighted by molar-refractivity contribution is 8.00. The van der Waals surface area contributed by atoms with Gasteiger partial charge < -0.3 is 0 Å². The molecule has 2 aromatic rings. The van der Waals surface area contributed by atoms with Gasteiger partial charge in [0, 0.05) is 6.42 Å². The Hall–Kier alpha value is -1.16. The van der Waals surface area contributed by atoms with Crippen LogP contribution < -0.4 is 0 Å². The monoisotopic (exact) mass is 282 g/mol. The number of aryl methyl sites for hydroxylation is 1. The predicted molar refractivity (Wildman–Crippen MR) is 67.4 cm³/mol. The quantitative estimate of drug-likeness (QED) is 0.809. The van der Waals surface area contributed by atoms with E-state index in [1.807, 2.05) is 13.0 Å². The van der Waals surface area contributed by atoms with Crippen LogP contribution in [0.1, 0.15) is 18.3 Å². The fraction of sp³-hybridized carbons (Fsp3) is 0.200. The molecule has 0 N–H and O–H groups in total. The molecule has 2 aromatic heterocycles. The van der Waals surface area contributed by atoms with Crippen molar-refractivity contribution in [1.29, 1.82) is 5.26 Å². The van der Waals surface area contributed by atoms with E-state index in [-0.39, 0.29) is 0 Å². The lowest BCUT2D eigenvalue weighted by molar-refractivity contribution is 0.970. The van der Waals surface area contributed by atoms with Crippen molar-refractivity contribution in [3.63, 3.8) is 0 Å². The first-order chi connectivity index (χ1) is 8.21. The molecule has 0 aromatic carbocycles. The molecule has 0 unspecified atom stereocenters. The normalized spacial score (nSPS) is 10.2. The Bertz CT molecular complexity index is 576. The summed E-state index contributed by atoms with van der Waals surface area (Å²) in [7, 11) is 0. The van der Waals surface area contributed by atoms with Crippen LogP contribution in [0.4, 0.5) is 0 Å². The number of aromatic nitrogens is 3. The summed E-state index contributed by atoms with van der Waals surface area (Å²) in [5, 5.41) is 9.80. The molecule has 0 aliphatic rings. The molecular weight excluding hydrogens is 276 g/mol. The minimum Gasteiger partial charge on any atom is -0.229 e. The van der Waals surface area contributed by atoms with Gasteiger partial charge in [-0.15, -0.1) is 0 Å². The second-order valence-corrected chi connectivity index (χ2v) is 5.47. The Morgan fingerprint density at radius 1 is 1.47 bits per heavy atom. The van der Waals surface area contributed by atoms with Crippen molar-refractivity contribution < 1.29 is 0 Å². The molecule has 0 atom stereocenters. The van der Waals surface area contributed by atoms with Gasteiger partial charge in [0.15, 0.2) is 4.34 Å². The molecule has 0 aliphatic carbocycles. The van der Waals surface area contributed by atoms with E-state index in [4.69, 9.17) is 16.9 Å². The second-order valence-electron chi connectivity index (χ2n) is 3.06. The lowest BCUT2D eigenvalue weighted by Crippen LogP contribution is -1.85. The van der Waals surface area contributed by atoms with E-state index >= 15 is 0 Å². The molecule has 0 saturated carbocycles. The Labute approximate surface area is 112 Å². The largest absolute Gasteiger partial charge is 0.229 e. The first kappa shape index (κ1) is 12.3. The van der Waals surface area contributed by atoms with Gasteiger partial charge in [0.05, 0.1) is 11.6 Å². The number of hydrogen-bond donors (Lipinski definition) is 0. The number of halogens is 1. The highest BCUT2D eigenvalue weighted by Crippen LogP contribution is 2.29. The maximum Gasteiger partial charge on any atom is 0.176 e. The highest BCUT2D eigenvalue weighted by atomic mass is 35.5. The fourth-order valence-corrected chi connectivity index (χ4v) is 3.04. The molecule has 2 rings (SSSR count). The van der Waals surface area contributed by atoms with Crippen LogP contribution in [0.15, 0.2) is 21.5 Å². The maximum absolute atomic E-state index is 8.82. The summed E-state index contributed by atoms with van der Waals surface area (Å²) < 4.78 is 4.99. The molecular formula is C10H7ClN4S2. The Balaban J connectivity index is 2.24. The molecule has 2 heterocycles. The van der Waals surface area contributed by atoms with E-state index < -0.39 is 0 Å². The Morgan fingerprint density at radius 3 is 2.94 bits per heavy atom. The summed E-state index contributed by atoms with van der Waals surface area (Å²) in [5.74, 6) is 0.819. The number of hydrogen-bond acceptors (Lipinski definition) is 6. The standard InChI is InChI=1S/C10H7ClN4S2/c1-2-8-14-10(17-15-8)16-9-4-6(5-12)3-7(11)13-9/h3-4H,2H2,1H3. The molecule has 7 heteroatoms. The first-order valence-corrected chi connectivity index (χ1v) is 6.76. The van der Waals surface area contributed by atoms with Crippen LogP contribution >= 0.6 is 34.9 Å². The summed E-state index contributed by atoms with van der Waals surface area (Å²) in [6, 6.07) is 5.25. The van der Waals surface area contributed by atoms with Crippen LogP contribution in [0, 0.1) is 11.3 Å². The van der Waals surface area contributed by atoms with Crippen molar-refractivity contribution in [3.8, 4) is 6.07 Å². The molecule has 0 amide bonds. The van der Waals surface area contributed by atoms with Gasteiger partial charge in [-0.05, 0) is 35.4 Å². The lowest BCUT2D eigenvalue weighted by Gasteiger charge is -1.98. The van der Waals surface area contributed by atoms with Crippen molar-refractivity contribution in [2.24, 2.45) is 0 Å². The van der Waals surface area contributed by atoms with Gasteiger partial charge in [0.2, 0.25) is 0 Å². The summed E-state index contributed by atoms with van der Waals surface area (Å²) in [5.41, 5.74) is 0.493. The van der Waals surface area contributed by atoms with Gasteiger partial charge in [-0.1, -0.05) is 18.5 Å². The molecule has 17 heavy (non-hydrogen) atoms. The van der Waals surface area contributed by atoms with E-state index in [9.17, 15) is 0 Å². The molecule has 0 bridgehead atoms. The van der Waals surface area contributed by atoms with Crippen LogP contribution in [0.25, 0.3) is 0 Å². The van der Waals surface area contributed by atoms with Crippen molar-refractivity contribution >= 4 is 34.9 Å². The zero-order valence-electron chi connectivity index (χ0n) is 8.85. The molecule has 0 fully saturated rings. The minimum atomic E-state index is 0.312. The summed E-state index contributed by atoms with van der Waals surface area (Å²) in [6.45, 7) is 2.00. The number of nitriles is 1. The average Bonchev–Trinajstić information content (AvgIpc) is 2.76. The summed E-state index contributed by atoms with van der Waals surface area (Å²) >= 11 is 8.51. The SMILES string of the molecule is CCc1nsc(Sc2cc(C#N)cc(Cl)n2)n1. The topological polar surface area (TPSA) is 62.5 Å². The zero-order chi connectivity index (χ0) is 12.3. The van der Waals surface area contributed by atoms with Gasteiger partial charge in [-0.3, -0.25) is 0 Å². The molecule has 0 saturated heterocycles. The highest BCUT2D eigenvalue weighted by Gasteiger charge is 2.07. The first-order valence-electron chi connectivity index (χ1n) is 4.79. The van der Waals surface area contributed by atoms with E-state index in [2.05, 4.69) is 14.3 Å². The van der Waals surface area contributed by atoms with E-state index in [1.165, 1.54) is 29.4 Å². The van der Waals surface area contributed by atoms with Crippen LogP contribution in [-0.4, -0.2) is 14.3 Å². The van der Waals surface area contributed by atoms with Crippen LogP contribution in [-0.2, 0) is 6.42 Å². The van der Waals surface area contributed by atoms with Crippen LogP contribution in [0.3, 0.4) is 0 Å². The van der Waals surface area contributed by atoms with Crippen molar-refractivity contribution in [3.05, 3.63) is 28.7 Å².